The molecule has 4 rings (SSSR count). The minimum absolute atomic E-state index is 0.225. The summed E-state index contributed by atoms with van der Waals surface area (Å²) in [6.45, 7) is 4.57. The number of pyridine rings is 1. The lowest BCUT2D eigenvalue weighted by molar-refractivity contribution is 0.530. The molecule has 1 N–H and O–H groups in total. The van der Waals surface area contributed by atoms with Gasteiger partial charge >= 0.3 is 0 Å². The van der Waals surface area contributed by atoms with Crippen LogP contribution >= 0.6 is 34.7 Å². The van der Waals surface area contributed by atoms with Crippen LogP contribution in [0.2, 0.25) is 5.15 Å². The fourth-order valence-electron chi connectivity index (χ4n) is 2.98. The van der Waals surface area contributed by atoms with Gasteiger partial charge in [-0.05, 0) is 37.1 Å². The average Bonchev–Trinajstić information content (AvgIpc) is 3.08. The Bertz CT molecular complexity index is 906. The third-order valence-corrected chi connectivity index (χ3v) is 6.83. The van der Waals surface area contributed by atoms with E-state index >= 15 is 0 Å². The number of nitrogens with zero attached hydrogens (tertiary/aromatic N) is 2. The number of rotatable bonds is 4. The molecule has 2 heterocycles. The van der Waals surface area contributed by atoms with E-state index in [-0.39, 0.29) is 5.41 Å². The van der Waals surface area contributed by atoms with Crippen molar-refractivity contribution in [3.63, 3.8) is 0 Å². The first kappa shape index (κ1) is 16.9. The first-order valence-electron chi connectivity index (χ1n) is 8.17. The molecule has 1 aromatic carbocycles. The van der Waals surface area contributed by atoms with Crippen molar-refractivity contribution >= 4 is 45.6 Å². The predicted molar refractivity (Wildman–Crippen MR) is 107 cm³/mol. The van der Waals surface area contributed by atoms with Crippen molar-refractivity contribution in [2.75, 3.05) is 5.32 Å². The van der Waals surface area contributed by atoms with Crippen LogP contribution in [0.3, 0.4) is 0 Å². The van der Waals surface area contributed by atoms with Gasteiger partial charge in [-0.1, -0.05) is 55.4 Å². The molecule has 0 amide bonds. The molecule has 3 nitrogen and oxygen atoms in total. The number of anilines is 2. The minimum atomic E-state index is 0.225. The van der Waals surface area contributed by atoms with Crippen LogP contribution in [0.25, 0.3) is 0 Å². The Morgan fingerprint density at radius 2 is 1.92 bits per heavy atom. The minimum Gasteiger partial charge on any atom is -0.316 e. The Kier molecular flexibility index (Phi) is 4.48. The molecule has 0 saturated heterocycles. The second-order valence-electron chi connectivity index (χ2n) is 6.73. The van der Waals surface area contributed by atoms with Crippen LogP contribution in [0.4, 0.5) is 10.9 Å². The molecule has 25 heavy (non-hydrogen) atoms. The molecule has 0 atom stereocenters. The molecule has 0 unspecified atom stereocenters. The zero-order chi connectivity index (χ0) is 17.4. The highest BCUT2D eigenvalue weighted by atomic mass is 35.5. The van der Waals surface area contributed by atoms with Gasteiger partial charge in [-0.15, -0.1) is 11.3 Å². The third kappa shape index (κ3) is 3.68. The summed E-state index contributed by atoms with van der Waals surface area (Å²) >= 11 is 9.62. The highest BCUT2D eigenvalue weighted by Crippen LogP contribution is 2.43. The van der Waals surface area contributed by atoms with Crippen LogP contribution in [0, 0.1) is 0 Å². The van der Waals surface area contributed by atoms with Crippen LogP contribution < -0.4 is 5.32 Å². The van der Waals surface area contributed by atoms with E-state index in [1.54, 1.807) is 23.1 Å². The van der Waals surface area contributed by atoms with Gasteiger partial charge in [0.1, 0.15) is 11.0 Å². The number of thiazole rings is 1. The van der Waals surface area contributed by atoms with E-state index in [1.165, 1.54) is 21.9 Å². The van der Waals surface area contributed by atoms with E-state index < -0.39 is 0 Å². The molecule has 1 aliphatic rings. The van der Waals surface area contributed by atoms with Crippen molar-refractivity contribution in [1.82, 2.24) is 9.97 Å². The summed E-state index contributed by atoms with van der Waals surface area (Å²) in [5.41, 5.74) is 1.45. The van der Waals surface area contributed by atoms with Gasteiger partial charge in [0.2, 0.25) is 0 Å². The van der Waals surface area contributed by atoms with E-state index in [2.05, 4.69) is 36.3 Å². The Morgan fingerprint density at radius 1 is 1.12 bits per heavy atom. The van der Waals surface area contributed by atoms with Crippen molar-refractivity contribution in [1.29, 1.82) is 0 Å². The molecule has 0 saturated carbocycles. The van der Waals surface area contributed by atoms with E-state index in [0.717, 1.165) is 22.3 Å². The second kappa shape index (κ2) is 6.63. The smallest absolute Gasteiger partial charge is 0.188 e. The lowest BCUT2D eigenvalue weighted by Gasteiger charge is -2.15. The maximum Gasteiger partial charge on any atom is 0.188 e. The summed E-state index contributed by atoms with van der Waals surface area (Å²) in [5.74, 6) is 0.733. The van der Waals surface area contributed by atoms with Gasteiger partial charge in [0, 0.05) is 20.1 Å². The quantitative estimate of drug-likeness (QED) is 0.532. The van der Waals surface area contributed by atoms with E-state index in [4.69, 9.17) is 16.6 Å². The maximum atomic E-state index is 6.22. The monoisotopic (exact) mass is 387 g/mol. The molecule has 6 heteroatoms. The molecule has 1 aliphatic carbocycles. The molecule has 0 aliphatic heterocycles. The zero-order valence-electron chi connectivity index (χ0n) is 14.0. The average molecular weight is 388 g/mol. The number of aromatic nitrogens is 2. The summed E-state index contributed by atoms with van der Waals surface area (Å²) in [6.07, 6.45) is 2.23. The Morgan fingerprint density at radius 3 is 2.68 bits per heavy atom. The molecular weight excluding hydrogens is 370 g/mol. The van der Waals surface area contributed by atoms with Crippen LogP contribution in [0.1, 0.15) is 30.8 Å². The molecule has 128 valence electrons. The normalized spacial score (nSPS) is 15.2. The van der Waals surface area contributed by atoms with Gasteiger partial charge in [-0.3, -0.25) is 0 Å². The van der Waals surface area contributed by atoms with Crippen LogP contribution in [0.15, 0.2) is 52.3 Å². The molecule has 0 radical (unpaired) electrons. The number of benzene rings is 1. The molecule has 0 spiro atoms. The highest BCUT2D eigenvalue weighted by Gasteiger charge is 2.33. The van der Waals surface area contributed by atoms with E-state index in [1.807, 2.05) is 30.3 Å². The number of nitrogens with one attached hydrogen (secondary N) is 1. The standard InChI is InChI=1S/C19H18ClN3S2/c1-19(2)9-8-14-17(19)25-18(21-14)23-16-11-13(10-15(20)22-16)24-12-6-4-3-5-7-12/h3-7,10-11H,8-9H2,1-2H3,(H,21,22,23). The SMILES string of the molecule is CC1(C)CCc2nc(Nc3cc(Sc4ccccc4)cc(Cl)n3)sc21. The summed E-state index contributed by atoms with van der Waals surface area (Å²) in [6, 6.07) is 14.1. The first-order chi connectivity index (χ1) is 12.0. The largest absolute Gasteiger partial charge is 0.316 e. The fraction of sp³-hybridized carbons (Fsp3) is 0.263. The highest BCUT2D eigenvalue weighted by molar-refractivity contribution is 7.99. The van der Waals surface area contributed by atoms with E-state index in [9.17, 15) is 0 Å². The topological polar surface area (TPSA) is 37.8 Å². The van der Waals surface area contributed by atoms with Gasteiger partial charge in [-0.2, -0.15) is 0 Å². The van der Waals surface area contributed by atoms with Crippen molar-refractivity contribution < 1.29 is 0 Å². The molecule has 0 bridgehead atoms. The van der Waals surface area contributed by atoms with Gasteiger partial charge in [0.15, 0.2) is 5.13 Å². The number of hydrogen-bond acceptors (Lipinski definition) is 5. The number of fused-ring (bicyclic) bond motifs is 1. The Balaban J connectivity index is 1.57. The summed E-state index contributed by atoms with van der Waals surface area (Å²) < 4.78 is 0. The third-order valence-electron chi connectivity index (χ3n) is 4.28. The lowest BCUT2D eigenvalue weighted by Crippen LogP contribution is -2.09. The number of hydrogen-bond donors (Lipinski definition) is 1. The molecule has 3 aromatic rings. The van der Waals surface area contributed by atoms with Crippen LogP contribution in [0.5, 0.6) is 0 Å². The van der Waals surface area contributed by atoms with Crippen LogP contribution in [-0.2, 0) is 11.8 Å². The maximum absolute atomic E-state index is 6.22. The first-order valence-corrected chi connectivity index (χ1v) is 10.2. The fourth-order valence-corrected chi connectivity index (χ4v) is 5.31. The Labute approximate surface area is 160 Å². The van der Waals surface area contributed by atoms with E-state index in [0.29, 0.717) is 5.15 Å². The summed E-state index contributed by atoms with van der Waals surface area (Å²) in [4.78, 5) is 12.8. The predicted octanol–water partition coefficient (Wildman–Crippen LogP) is 6.31. The summed E-state index contributed by atoms with van der Waals surface area (Å²) in [5, 5.41) is 4.71. The van der Waals surface area contributed by atoms with Crippen LogP contribution in [-0.4, -0.2) is 9.97 Å². The summed E-state index contributed by atoms with van der Waals surface area (Å²) in [7, 11) is 0. The molecule has 2 aromatic heterocycles. The zero-order valence-corrected chi connectivity index (χ0v) is 16.4. The van der Waals surface area contributed by atoms with Gasteiger partial charge in [0.25, 0.3) is 0 Å². The molecular formula is C19H18ClN3S2. The lowest BCUT2D eigenvalue weighted by atomic mass is 9.93. The number of aryl methyl sites for hydroxylation is 1. The van der Waals surface area contributed by atoms with Crippen molar-refractivity contribution in [3.8, 4) is 0 Å². The van der Waals surface area contributed by atoms with Crippen molar-refractivity contribution in [2.45, 2.75) is 41.9 Å². The van der Waals surface area contributed by atoms with Gasteiger partial charge in [-0.25, -0.2) is 9.97 Å². The van der Waals surface area contributed by atoms with Gasteiger partial charge < -0.3 is 5.32 Å². The second-order valence-corrected chi connectivity index (χ2v) is 9.26. The van der Waals surface area contributed by atoms with Gasteiger partial charge in [0.05, 0.1) is 5.69 Å². The Hall–Kier alpha value is -1.56. The molecule has 0 fully saturated rings. The van der Waals surface area contributed by atoms with Crippen molar-refractivity contribution in [2.24, 2.45) is 0 Å². The van der Waals surface area contributed by atoms with Crippen molar-refractivity contribution in [3.05, 3.63) is 58.2 Å². The number of halogens is 1.